The number of nitrogens with two attached hydrogens (primary N) is 1. The highest BCUT2D eigenvalue weighted by atomic mass is 16.5. The van der Waals surface area contributed by atoms with Gasteiger partial charge in [-0.05, 0) is 54.1 Å². The zero-order chi connectivity index (χ0) is 22.1. The number of imidazole rings is 1. The van der Waals surface area contributed by atoms with Gasteiger partial charge in [-0.25, -0.2) is 15.0 Å². The van der Waals surface area contributed by atoms with Gasteiger partial charge in [-0.2, -0.15) is 0 Å². The molecule has 8 heteroatoms. The lowest BCUT2D eigenvalue weighted by Crippen LogP contribution is -2.02. The third kappa shape index (κ3) is 3.42. The van der Waals surface area contributed by atoms with E-state index in [0.29, 0.717) is 39.8 Å². The average Bonchev–Trinajstić information content (AvgIpc) is 3.23. The van der Waals surface area contributed by atoms with E-state index in [2.05, 4.69) is 9.97 Å². The Balaban J connectivity index is 1.74. The van der Waals surface area contributed by atoms with Gasteiger partial charge in [0, 0.05) is 11.9 Å². The Hall–Kier alpha value is -4.30. The van der Waals surface area contributed by atoms with Crippen molar-refractivity contribution < 1.29 is 9.84 Å². The highest BCUT2D eigenvalue weighted by molar-refractivity contribution is 5.84. The van der Waals surface area contributed by atoms with E-state index in [1.165, 1.54) is 0 Å². The molecule has 5 aromatic rings. The number of anilines is 1. The summed E-state index contributed by atoms with van der Waals surface area (Å²) in [4.78, 5) is 18.4. The maximum Gasteiger partial charge on any atom is 0.165 e. The Morgan fingerprint density at radius 1 is 0.938 bits per heavy atom. The van der Waals surface area contributed by atoms with Gasteiger partial charge in [0.1, 0.15) is 17.1 Å². The van der Waals surface area contributed by atoms with E-state index in [1.54, 1.807) is 19.5 Å². The summed E-state index contributed by atoms with van der Waals surface area (Å²) in [7, 11) is 1.60. The summed E-state index contributed by atoms with van der Waals surface area (Å²) < 4.78 is 7.14. The lowest BCUT2D eigenvalue weighted by atomic mass is 10.2. The molecule has 8 nitrogen and oxygen atoms in total. The first-order chi connectivity index (χ1) is 15.7. The Morgan fingerprint density at radius 3 is 2.44 bits per heavy atom. The van der Waals surface area contributed by atoms with Gasteiger partial charge in [0.15, 0.2) is 11.5 Å². The topological polar surface area (TPSA) is 112 Å². The molecule has 158 valence electrons. The molecule has 4 aromatic heterocycles. The van der Waals surface area contributed by atoms with E-state index in [0.717, 1.165) is 16.9 Å². The second-order valence-electron chi connectivity index (χ2n) is 7.15. The summed E-state index contributed by atoms with van der Waals surface area (Å²) in [5, 5.41) is 9.43. The summed E-state index contributed by atoms with van der Waals surface area (Å²) >= 11 is 0. The quantitative estimate of drug-likeness (QED) is 0.443. The van der Waals surface area contributed by atoms with Gasteiger partial charge in [-0.15, -0.1) is 0 Å². The van der Waals surface area contributed by atoms with Crippen molar-refractivity contribution in [1.82, 2.24) is 24.5 Å². The number of hydrogen-bond donors (Lipinski definition) is 2. The fourth-order valence-corrected chi connectivity index (χ4v) is 3.53. The predicted molar refractivity (Wildman–Crippen MR) is 122 cm³/mol. The van der Waals surface area contributed by atoms with E-state index < -0.39 is 0 Å². The average molecular weight is 424 g/mol. The normalized spacial score (nSPS) is 11.1. The Labute approximate surface area is 184 Å². The molecule has 0 radical (unpaired) electrons. The molecule has 0 atom stereocenters. The molecular formula is C24H20N6O2. The number of methoxy groups -OCH3 is 1. The Morgan fingerprint density at radius 2 is 1.75 bits per heavy atom. The number of aromatic nitrogens is 5. The zero-order valence-corrected chi connectivity index (χ0v) is 17.3. The molecule has 1 aromatic carbocycles. The number of rotatable bonds is 5. The number of nitrogen functional groups attached to an aromatic ring is 1. The Kier molecular flexibility index (Phi) is 4.97. The van der Waals surface area contributed by atoms with Crippen LogP contribution in [0.15, 0.2) is 73.1 Å². The third-order valence-electron chi connectivity index (χ3n) is 5.20. The lowest BCUT2D eigenvalue weighted by Gasteiger charge is -2.11. The van der Waals surface area contributed by atoms with Gasteiger partial charge in [0.2, 0.25) is 0 Å². The van der Waals surface area contributed by atoms with Gasteiger partial charge in [-0.3, -0.25) is 9.55 Å². The van der Waals surface area contributed by atoms with Gasteiger partial charge in [0.05, 0.1) is 36.9 Å². The maximum absolute atomic E-state index is 9.43. The van der Waals surface area contributed by atoms with Crippen LogP contribution in [0.25, 0.3) is 39.6 Å². The minimum absolute atomic E-state index is 0.0289. The van der Waals surface area contributed by atoms with Crippen molar-refractivity contribution in [3.63, 3.8) is 0 Å². The highest BCUT2D eigenvalue weighted by Crippen LogP contribution is 2.31. The van der Waals surface area contributed by atoms with Crippen LogP contribution < -0.4 is 10.5 Å². The predicted octanol–water partition coefficient (Wildman–Crippen LogP) is 3.63. The van der Waals surface area contributed by atoms with Crippen LogP contribution in [-0.2, 0) is 6.61 Å². The number of ether oxygens (including phenoxy) is 1. The van der Waals surface area contributed by atoms with Gasteiger partial charge in [-0.1, -0.05) is 12.1 Å². The van der Waals surface area contributed by atoms with Gasteiger partial charge in [0.25, 0.3) is 0 Å². The van der Waals surface area contributed by atoms with Crippen molar-refractivity contribution in [2.45, 2.75) is 6.61 Å². The number of aliphatic hydroxyl groups excluding tert-OH is 1. The molecule has 0 saturated heterocycles. The van der Waals surface area contributed by atoms with Gasteiger partial charge < -0.3 is 15.6 Å². The maximum atomic E-state index is 9.43. The van der Waals surface area contributed by atoms with Crippen LogP contribution in [-0.4, -0.2) is 36.7 Å². The van der Waals surface area contributed by atoms with Crippen molar-refractivity contribution in [2.24, 2.45) is 0 Å². The van der Waals surface area contributed by atoms with E-state index in [4.69, 9.17) is 20.4 Å². The summed E-state index contributed by atoms with van der Waals surface area (Å²) in [5.74, 6) is 1.70. The van der Waals surface area contributed by atoms with Gasteiger partial charge >= 0.3 is 0 Å². The number of pyridine rings is 3. The monoisotopic (exact) mass is 424 g/mol. The molecule has 4 heterocycles. The fraction of sp³-hybridized carbons (Fsp3) is 0.0833. The minimum Gasteiger partial charge on any atom is -0.495 e. The van der Waals surface area contributed by atoms with E-state index >= 15 is 0 Å². The summed E-state index contributed by atoms with van der Waals surface area (Å²) in [6, 6.07) is 18.8. The van der Waals surface area contributed by atoms with Crippen LogP contribution in [0, 0.1) is 0 Å². The molecule has 0 aliphatic rings. The SMILES string of the molecule is COc1ccc(-c2ccc3nc(-c4cccnc4N)n(-c4ccc(CO)cc4)c3n2)nc1. The molecule has 0 unspecified atom stereocenters. The molecule has 0 fully saturated rings. The number of hydrogen-bond acceptors (Lipinski definition) is 7. The van der Waals surface area contributed by atoms with Crippen molar-refractivity contribution in [1.29, 1.82) is 0 Å². The molecular weight excluding hydrogens is 404 g/mol. The second-order valence-corrected chi connectivity index (χ2v) is 7.15. The largest absolute Gasteiger partial charge is 0.495 e. The first-order valence-electron chi connectivity index (χ1n) is 9.99. The summed E-state index contributed by atoms with van der Waals surface area (Å²) in [6.07, 6.45) is 3.31. The standard InChI is InChI=1S/C24H20N6O2/c1-32-17-8-9-19(27-13-17)20-10-11-21-24(28-20)30(16-6-4-15(14-31)5-7-16)23(29-21)18-3-2-12-26-22(18)25/h2-13,31H,14H2,1H3,(H2,25,26). The minimum atomic E-state index is -0.0289. The molecule has 0 bridgehead atoms. The zero-order valence-electron chi connectivity index (χ0n) is 17.3. The molecule has 0 aliphatic heterocycles. The molecule has 0 amide bonds. The molecule has 3 N–H and O–H groups in total. The summed E-state index contributed by atoms with van der Waals surface area (Å²) in [6.45, 7) is -0.0289. The molecule has 0 aliphatic carbocycles. The number of benzene rings is 1. The fourth-order valence-electron chi connectivity index (χ4n) is 3.53. The van der Waals surface area contributed by atoms with Crippen molar-refractivity contribution in [2.75, 3.05) is 12.8 Å². The van der Waals surface area contributed by atoms with Crippen molar-refractivity contribution in [3.8, 4) is 34.2 Å². The molecule has 5 rings (SSSR count). The molecule has 0 saturated carbocycles. The van der Waals surface area contributed by atoms with E-state index in [-0.39, 0.29) is 6.61 Å². The van der Waals surface area contributed by atoms with Crippen LogP contribution in [0.5, 0.6) is 5.75 Å². The summed E-state index contributed by atoms with van der Waals surface area (Å²) in [5.41, 5.74) is 11.3. The van der Waals surface area contributed by atoms with Crippen LogP contribution in [0.2, 0.25) is 0 Å². The first-order valence-corrected chi connectivity index (χ1v) is 9.99. The third-order valence-corrected chi connectivity index (χ3v) is 5.20. The van der Waals surface area contributed by atoms with Crippen molar-refractivity contribution >= 4 is 17.0 Å². The molecule has 32 heavy (non-hydrogen) atoms. The second kappa shape index (κ2) is 8.09. The lowest BCUT2D eigenvalue weighted by molar-refractivity contribution is 0.282. The van der Waals surface area contributed by atoms with E-state index in [1.807, 2.05) is 65.2 Å². The Bertz CT molecular complexity index is 1390. The van der Waals surface area contributed by atoms with Crippen molar-refractivity contribution in [3.05, 3.63) is 78.6 Å². The van der Waals surface area contributed by atoms with Crippen LogP contribution >= 0.6 is 0 Å². The molecule has 0 spiro atoms. The van der Waals surface area contributed by atoms with E-state index in [9.17, 15) is 5.11 Å². The van der Waals surface area contributed by atoms with Crippen LogP contribution in [0.4, 0.5) is 5.82 Å². The number of aliphatic hydroxyl groups is 1. The van der Waals surface area contributed by atoms with Crippen LogP contribution in [0.3, 0.4) is 0 Å². The first kappa shape index (κ1) is 19.7. The number of fused-ring (bicyclic) bond motifs is 1. The smallest absolute Gasteiger partial charge is 0.165 e. The highest BCUT2D eigenvalue weighted by Gasteiger charge is 2.18. The van der Waals surface area contributed by atoms with Crippen LogP contribution in [0.1, 0.15) is 5.56 Å². The number of nitrogens with zero attached hydrogens (tertiary/aromatic N) is 5.